The SMILES string of the molecule is CC(C)C[C@H](C(=O)NCc1ccc(C(F)(F)F)cc1)N1CCC(CCc2ccccc2)N2C[C@H](N)C[C@H]2C1=O. The van der Waals surface area contributed by atoms with Gasteiger partial charge in [-0.25, -0.2) is 0 Å². The third-order valence-corrected chi connectivity index (χ3v) is 7.84. The van der Waals surface area contributed by atoms with Gasteiger partial charge < -0.3 is 16.0 Å². The molecule has 0 aromatic heterocycles. The number of benzene rings is 2. The number of aryl methyl sites for hydroxylation is 1. The van der Waals surface area contributed by atoms with Gasteiger partial charge in [-0.05, 0) is 61.3 Å². The van der Waals surface area contributed by atoms with Gasteiger partial charge in [-0.15, -0.1) is 0 Å². The normalized spacial score (nSPS) is 23.0. The minimum Gasteiger partial charge on any atom is -0.350 e. The number of hydrogen-bond acceptors (Lipinski definition) is 4. The minimum absolute atomic E-state index is 0.0551. The number of carbonyl (C=O) groups is 2. The van der Waals surface area contributed by atoms with E-state index in [1.807, 2.05) is 32.0 Å². The molecule has 2 aliphatic rings. The maximum Gasteiger partial charge on any atom is 0.416 e. The van der Waals surface area contributed by atoms with Gasteiger partial charge in [0.2, 0.25) is 11.8 Å². The molecule has 4 atom stereocenters. The van der Waals surface area contributed by atoms with E-state index in [1.54, 1.807) is 4.90 Å². The zero-order valence-electron chi connectivity index (χ0n) is 22.7. The summed E-state index contributed by atoms with van der Waals surface area (Å²) in [6.07, 6.45) is -0.781. The fourth-order valence-electron chi connectivity index (χ4n) is 5.83. The average molecular weight is 545 g/mol. The molecule has 0 spiro atoms. The molecule has 0 aliphatic carbocycles. The van der Waals surface area contributed by atoms with E-state index in [0.717, 1.165) is 31.4 Å². The summed E-state index contributed by atoms with van der Waals surface area (Å²) in [4.78, 5) is 31.3. The van der Waals surface area contributed by atoms with Crippen molar-refractivity contribution in [3.8, 4) is 0 Å². The highest BCUT2D eigenvalue weighted by atomic mass is 19.4. The molecule has 1 unspecified atom stereocenters. The first-order valence-corrected chi connectivity index (χ1v) is 13.8. The first-order valence-electron chi connectivity index (χ1n) is 13.8. The lowest BCUT2D eigenvalue weighted by Gasteiger charge is -2.33. The number of amides is 2. The van der Waals surface area contributed by atoms with Crippen molar-refractivity contribution < 1.29 is 22.8 Å². The molecule has 6 nitrogen and oxygen atoms in total. The largest absolute Gasteiger partial charge is 0.416 e. The van der Waals surface area contributed by atoms with Crippen molar-refractivity contribution in [2.75, 3.05) is 13.1 Å². The smallest absolute Gasteiger partial charge is 0.350 e. The van der Waals surface area contributed by atoms with Gasteiger partial charge in [0.05, 0.1) is 11.6 Å². The van der Waals surface area contributed by atoms with Crippen LogP contribution in [0.25, 0.3) is 0 Å². The predicted octanol–water partition coefficient (Wildman–Crippen LogP) is 4.37. The van der Waals surface area contributed by atoms with E-state index < -0.39 is 17.8 Å². The Morgan fingerprint density at radius 1 is 1.08 bits per heavy atom. The van der Waals surface area contributed by atoms with Gasteiger partial charge in [-0.3, -0.25) is 14.5 Å². The summed E-state index contributed by atoms with van der Waals surface area (Å²) in [5.41, 5.74) is 7.42. The Bertz CT molecular complexity index is 1110. The van der Waals surface area contributed by atoms with E-state index in [4.69, 9.17) is 5.73 Å². The summed E-state index contributed by atoms with van der Waals surface area (Å²) in [6.45, 7) is 5.26. The van der Waals surface area contributed by atoms with Crippen LogP contribution in [-0.2, 0) is 28.7 Å². The van der Waals surface area contributed by atoms with Gasteiger partial charge in [0, 0.05) is 31.7 Å². The molecule has 4 rings (SSSR count). The van der Waals surface area contributed by atoms with Crippen LogP contribution in [0, 0.1) is 5.92 Å². The molecule has 3 N–H and O–H groups in total. The molecular formula is C30H39F3N4O2. The van der Waals surface area contributed by atoms with E-state index in [9.17, 15) is 22.8 Å². The minimum atomic E-state index is -4.41. The van der Waals surface area contributed by atoms with Crippen LogP contribution in [0.4, 0.5) is 13.2 Å². The summed E-state index contributed by atoms with van der Waals surface area (Å²) in [6, 6.07) is 14.1. The lowest BCUT2D eigenvalue weighted by Crippen LogP contribution is -2.53. The molecule has 0 radical (unpaired) electrons. The Morgan fingerprint density at radius 2 is 1.77 bits per heavy atom. The molecule has 39 heavy (non-hydrogen) atoms. The van der Waals surface area contributed by atoms with Crippen molar-refractivity contribution in [1.29, 1.82) is 0 Å². The number of nitrogens with one attached hydrogen (secondary N) is 1. The maximum absolute atomic E-state index is 13.9. The quantitative estimate of drug-likeness (QED) is 0.492. The zero-order valence-corrected chi connectivity index (χ0v) is 22.7. The van der Waals surface area contributed by atoms with Crippen LogP contribution < -0.4 is 11.1 Å². The van der Waals surface area contributed by atoms with E-state index in [0.29, 0.717) is 31.5 Å². The second-order valence-corrected chi connectivity index (χ2v) is 11.3. The Labute approximate surface area is 228 Å². The second-order valence-electron chi connectivity index (χ2n) is 11.3. The van der Waals surface area contributed by atoms with Crippen molar-refractivity contribution in [2.45, 2.75) is 82.8 Å². The molecule has 2 aromatic carbocycles. The molecule has 2 heterocycles. The van der Waals surface area contributed by atoms with Crippen molar-refractivity contribution in [3.05, 3.63) is 71.3 Å². The highest BCUT2D eigenvalue weighted by Gasteiger charge is 2.45. The molecule has 0 saturated carbocycles. The lowest BCUT2D eigenvalue weighted by molar-refractivity contribution is -0.143. The Balaban J connectivity index is 1.47. The monoisotopic (exact) mass is 544 g/mol. The van der Waals surface area contributed by atoms with Crippen molar-refractivity contribution in [2.24, 2.45) is 11.7 Å². The maximum atomic E-state index is 13.9. The highest BCUT2D eigenvalue weighted by Crippen LogP contribution is 2.31. The van der Waals surface area contributed by atoms with Gasteiger partial charge in [0.1, 0.15) is 6.04 Å². The number of nitrogens with two attached hydrogens (primary N) is 1. The number of rotatable bonds is 9. The van der Waals surface area contributed by atoms with Crippen molar-refractivity contribution in [3.63, 3.8) is 0 Å². The van der Waals surface area contributed by atoms with Gasteiger partial charge in [-0.1, -0.05) is 56.3 Å². The van der Waals surface area contributed by atoms with Gasteiger partial charge >= 0.3 is 6.18 Å². The Hall–Kier alpha value is -2.91. The molecule has 2 aromatic rings. The first-order chi connectivity index (χ1) is 18.5. The van der Waals surface area contributed by atoms with Crippen LogP contribution in [-0.4, -0.2) is 58.9 Å². The molecule has 0 bridgehead atoms. The molecule has 2 saturated heterocycles. The van der Waals surface area contributed by atoms with E-state index in [1.165, 1.54) is 17.7 Å². The van der Waals surface area contributed by atoms with Gasteiger partial charge in [0.15, 0.2) is 0 Å². The number of hydrogen-bond donors (Lipinski definition) is 2. The van der Waals surface area contributed by atoms with Gasteiger partial charge in [0.25, 0.3) is 0 Å². The van der Waals surface area contributed by atoms with Crippen LogP contribution in [0.5, 0.6) is 0 Å². The second kappa shape index (κ2) is 12.5. The number of fused-ring (bicyclic) bond motifs is 1. The van der Waals surface area contributed by atoms with Crippen LogP contribution in [0.2, 0.25) is 0 Å². The Morgan fingerprint density at radius 3 is 2.41 bits per heavy atom. The molecule has 2 fully saturated rings. The standard InChI is InChI=1S/C30H39F3N4O2/c1-20(2)16-26(28(38)35-18-22-8-11-23(12-9-22)30(31,32)33)36-15-14-25(13-10-21-6-4-3-5-7-21)37-19-24(34)17-27(37)29(36)39/h3-9,11-12,20,24-27H,10,13-19,34H2,1-2H3,(H,35,38)/t24-,25?,26-,27+/m1/s1. The Kier molecular flexibility index (Phi) is 9.33. The van der Waals surface area contributed by atoms with Gasteiger partial charge in [-0.2, -0.15) is 13.2 Å². The third-order valence-electron chi connectivity index (χ3n) is 7.84. The topological polar surface area (TPSA) is 78.7 Å². The number of carbonyl (C=O) groups excluding carboxylic acids is 2. The number of nitrogens with zero attached hydrogens (tertiary/aromatic N) is 2. The van der Waals surface area contributed by atoms with E-state index in [2.05, 4.69) is 22.3 Å². The highest BCUT2D eigenvalue weighted by molar-refractivity contribution is 5.90. The van der Waals surface area contributed by atoms with Crippen LogP contribution >= 0.6 is 0 Å². The zero-order chi connectivity index (χ0) is 28.2. The molecular weight excluding hydrogens is 505 g/mol. The summed E-state index contributed by atoms with van der Waals surface area (Å²) in [5.74, 6) is -0.173. The fourth-order valence-corrected chi connectivity index (χ4v) is 5.83. The number of alkyl halides is 3. The molecule has 2 aliphatic heterocycles. The number of halogens is 3. The summed E-state index contributed by atoms with van der Waals surface area (Å²) in [7, 11) is 0. The van der Waals surface area contributed by atoms with Crippen LogP contribution in [0.15, 0.2) is 54.6 Å². The third kappa shape index (κ3) is 7.39. The van der Waals surface area contributed by atoms with E-state index in [-0.39, 0.29) is 42.4 Å². The fraction of sp³-hybridized carbons (Fsp3) is 0.533. The van der Waals surface area contributed by atoms with Crippen LogP contribution in [0.1, 0.15) is 56.2 Å². The predicted molar refractivity (Wildman–Crippen MR) is 145 cm³/mol. The average Bonchev–Trinajstić information content (AvgIpc) is 3.24. The summed E-state index contributed by atoms with van der Waals surface area (Å²) < 4.78 is 38.7. The first kappa shape index (κ1) is 29.1. The van der Waals surface area contributed by atoms with Crippen LogP contribution in [0.3, 0.4) is 0 Å². The van der Waals surface area contributed by atoms with Crippen molar-refractivity contribution in [1.82, 2.24) is 15.1 Å². The molecule has 212 valence electrons. The molecule has 2 amide bonds. The van der Waals surface area contributed by atoms with Crippen molar-refractivity contribution >= 4 is 11.8 Å². The molecule has 9 heteroatoms. The summed E-state index contributed by atoms with van der Waals surface area (Å²) >= 11 is 0. The summed E-state index contributed by atoms with van der Waals surface area (Å²) in [5, 5.41) is 2.87. The lowest BCUT2D eigenvalue weighted by atomic mass is 9.99. The van der Waals surface area contributed by atoms with E-state index >= 15 is 0 Å².